The molecule has 1 aliphatic rings. The van der Waals surface area contributed by atoms with Gasteiger partial charge in [0.1, 0.15) is 0 Å². The second-order valence-corrected chi connectivity index (χ2v) is 6.30. The van der Waals surface area contributed by atoms with E-state index in [1.807, 2.05) is 6.07 Å². The van der Waals surface area contributed by atoms with E-state index in [1.165, 1.54) is 5.56 Å². The van der Waals surface area contributed by atoms with Crippen LogP contribution in [0.2, 0.25) is 0 Å². The van der Waals surface area contributed by atoms with E-state index in [2.05, 4.69) is 31.2 Å². The van der Waals surface area contributed by atoms with E-state index in [0.717, 1.165) is 25.7 Å². The number of hydrogen-bond acceptors (Lipinski definition) is 2. The van der Waals surface area contributed by atoms with Crippen LogP contribution in [0.1, 0.15) is 38.2 Å². The van der Waals surface area contributed by atoms with Gasteiger partial charge in [-0.1, -0.05) is 43.7 Å². The first-order chi connectivity index (χ1) is 9.58. The Morgan fingerprint density at radius 3 is 2.50 bits per heavy atom. The van der Waals surface area contributed by atoms with Crippen LogP contribution in [0.4, 0.5) is 0 Å². The number of benzene rings is 1. The lowest BCUT2D eigenvalue weighted by molar-refractivity contribution is -0.139. The van der Waals surface area contributed by atoms with E-state index in [4.69, 9.17) is 10.8 Å². The number of aliphatic carboxylic acids is 1. The van der Waals surface area contributed by atoms with Crippen LogP contribution in [0.25, 0.3) is 0 Å². The monoisotopic (exact) mass is 275 g/mol. The number of carbonyl (C=O) groups is 1. The van der Waals surface area contributed by atoms with Crippen molar-refractivity contribution < 1.29 is 9.90 Å². The fraction of sp³-hybridized carbons (Fsp3) is 0.588. The highest BCUT2D eigenvalue weighted by Gasteiger charge is 2.44. The summed E-state index contributed by atoms with van der Waals surface area (Å²) in [5.41, 5.74) is 7.08. The largest absolute Gasteiger partial charge is 0.481 e. The van der Waals surface area contributed by atoms with Gasteiger partial charge < -0.3 is 10.8 Å². The topological polar surface area (TPSA) is 63.3 Å². The maximum Gasteiger partial charge on any atom is 0.303 e. The molecule has 0 heterocycles. The number of carboxylic acids is 1. The van der Waals surface area contributed by atoms with E-state index in [1.54, 1.807) is 0 Å². The van der Waals surface area contributed by atoms with Crippen molar-refractivity contribution >= 4 is 5.97 Å². The molecule has 0 aliphatic heterocycles. The highest BCUT2D eigenvalue weighted by atomic mass is 16.4. The molecule has 1 saturated carbocycles. The summed E-state index contributed by atoms with van der Waals surface area (Å²) in [6, 6.07) is 10.5. The Morgan fingerprint density at radius 2 is 1.95 bits per heavy atom. The van der Waals surface area contributed by atoms with Crippen molar-refractivity contribution in [3.8, 4) is 0 Å². The van der Waals surface area contributed by atoms with Gasteiger partial charge in [-0.05, 0) is 48.6 Å². The number of rotatable bonds is 6. The maximum atomic E-state index is 11.1. The van der Waals surface area contributed by atoms with Crippen molar-refractivity contribution in [2.75, 3.05) is 6.54 Å². The molecule has 1 aromatic rings. The minimum absolute atomic E-state index is 0.189. The molecule has 3 heteroatoms. The van der Waals surface area contributed by atoms with Gasteiger partial charge >= 0.3 is 5.97 Å². The van der Waals surface area contributed by atoms with Crippen LogP contribution in [-0.4, -0.2) is 17.6 Å². The third-order valence-corrected chi connectivity index (χ3v) is 4.88. The van der Waals surface area contributed by atoms with Crippen LogP contribution in [0, 0.1) is 17.3 Å². The molecular formula is C17H25NO2. The summed E-state index contributed by atoms with van der Waals surface area (Å²) in [4.78, 5) is 11.1. The van der Waals surface area contributed by atoms with Crippen molar-refractivity contribution in [3.05, 3.63) is 35.9 Å². The van der Waals surface area contributed by atoms with Crippen LogP contribution < -0.4 is 5.73 Å². The molecule has 0 radical (unpaired) electrons. The number of carboxylic acid groups (broad SMARTS) is 1. The molecule has 0 amide bonds. The Kier molecular flexibility index (Phi) is 4.81. The Balaban J connectivity index is 2.11. The van der Waals surface area contributed by atoms with E-state index < -0.39 is 5.97 Å². The molecule has 3 nitrogen and oxygen atoms in total. The minimum atomic E-state index is -0.717. The number of hydrogen-bond donors (Lipinski definition) is 2. The van der Waals surface area contributed by atoms with Crippen LogP contribution >= 0.6 is 0 Å². The predicted octanol–water partition coefficient (Wildman–Crippen LogP) is 3.09. The lowest BCUT2D eigenvalue weighted by Crippen LogP contribution is -2.31. The molecule has 0 saturated heterocycles. The van der Waals surface area contributed by atoms with Gasteiger partial charge in [-0.3, -0.25) is 4.79 Å². The van der Waals surface area contributed by atoms with E-state index in [-0.39, 0.29) is 11.8 Å². The summed E-state index contributed by atoms with van der Waals surface area (Å²) in [5, 5.41) is 9.15. The normalized spacial score (nSPS) is 29.5. The Labute approximate surface area is 121 Å². The van der Waals surface area contributed by atoms with Gasteiger partial charge in [0.2, 0.25) is 0 Å². The van der Waals surface area contributed by atoms with Gasteiger partial charge in [0.05, 0.1) is 6.42 Å². The maximum absolute atomic E-state index is 11.1. The van der Waals surface area contributed by atoms with Gasteiger partial charge in [-0.15, -0.1) is 0 Å². The zero-order chi connectivity index (χ0) is 14.6. The molecule has 1 aromatic carbocycles. The SMILES string of the molecule is CC[C@@H]1C[C@@](CN)(CC(=O)O)C[C@H]1Cc1ccccc1. The van der Waals surface area contributed by atoms with E-state index in [9.17, 15) is 4.79 Å². The molecule has 1 fully saturated rings. The highest BCUT2D eigenvalue weighted by Crippen LogP contribution is 2.49. The third-order valence-electron chi connectivity index (χ3n) is 4.88. The molecule has 0 aromatic heterocycles. The lowest BCUT2D eigenvalue weighted by Gasteiger charge is -2.25. The van der Waals surface area contributed by atoms with E-state index >= 15 is 0 Å². The molecule has 1 aliphatic carbocycles. The first kappa shape index (κ1) is 15.0. The first-order valence-electron chi connectivity index (χ1n) is 7.54. The average Bonchev–Trinajstić information content (AvgIpc) is 2.77. The summed E-state index contributed by atoms with van der Waals surface area (Å²) in [5.74, 6) is 0.439. The van der Waals surface area contributed by atoms with Crippen molar-refractivity contribution in [2.24, 2.45) is 23.0 Å². The second-order valence-electron chi connectivity index (χ2n) is 6.30. The van der Waals surface area contributed by atoms with Crippen molar-refractivity contribution in [3.63, 3.8) is 0 Å². The zero-order valence-corrected chi connectivity index (χ0v) is 12.2. The van der Waals surface area contributed by atoms with Crippen LogP contribution in [0.3, 0.4) is 0 Å². The average molecular weight is 275 g/mol. The molecule has 0 unspecified atom stereocenters. The molecule has 3 atom stereocenters. The second kappa shape index (κ2) is 6.40. The fourth-order valence-corrected chi connectivity index (χ4v) is 3.87. The Bertz CT molecular complexity index is 446. The molecule has 0 bridgehead atoms. The van der Waals surface area contributed by atoms with Gasteiger partial charge in [-0.2, -0.15) is 0 Å². The molecule has 2 rings (SSSR count). The van der Waals surface area contributed by atoms with Crippen molar-refractivity contribution in [1.29, 1.82) is 0 Å². The standard InChI is InChI=1S/C17H25NO2/c1-2-14-9-17(12-18,11-16(19)20)10-15(14)8-13-6-4-3-5-7-13/h3-7,14-15H,2,8-12,18H2,1H3,(H,19,20)/t14-,15-,17+/m1/s1. The van der Waals surface area contributed by atoms with Gasteiger partial charge in [-0.25, -0.2) is 0 Å². The lowest BCUT2D eigenvalue weighted by atomic mass is 9.81. The molecular weight excluding hydrogens is 250 g/mol. The third kappa shape index (κ3) is 3.40. The minimum Gasteiger partial charge on any atom is -0.481 e. The highest BCUT2D eigenvalue weighted by molar-refractivity contribution is 5.67. The Morgan fingerprint density at radius 1 is 1.30 bits per heavy atom. The van der Waals surface area contributed by atoms with Crippen molar-refractivity contribution in [2.45, 2.75) is 39.0 Å². The van der Waals surface area contributed by atoms with Gasteiger partial charge in [0.25, 0.3) is 0 Å². The van der Waals surface area contributed by atoms with Crippen LogP contribution in [0.15, 0.2) is 30.3 Å². The molecule has 0 spiro atoms. The van der Waals surface area contributed by atoms with E-state index in [0.29, 0.717) is 18.4 Å². The van der Waals surface area contributed by atoms with Gasteiger partial charge in [0.15, 0.2) is 0 Å². The van der Waals surface area contributed by atoms with Gasteiger partial charge in [0, 0.05) is 0 Å². The van der Waals surface area contributed by atoms with Crippen LogP contribution in [-0.2, 0) is 11.2 Å². The first-order valence-corrected chi connectivity index (χ1v) is 7.54. The summed E-state index contributed by atoms with van der Waals surface area (Å²) < 4.78 is 0. The molecule has 20 heavy (non-hydrogen) atoms. The number of nitrogens with two attached hydrogens (primary N) is 1. The fourth-order valence-electron chi connectivity index (χ4n) is 3.87. The summed E-state index contributed by atoms with van der Waals surface area (Å²) in [6.45, 7) is 2.69. The predicted molar refractivity (Wildman–Crippen MR) is 80.4 cm³/mol. The zero-order valence-electron chi connectivity index (χ0n) is 12.2. The van der Waals surface area contributed by atoms with Crippen LogP contribution in [0.5, 0.6) is 0 Å². The quantitative estimate of drug-likeness (QED) is 0.838. The van der Waals surface area contributed by atoms with Crippen molar-refractivity contribution in [1.82, 2.24) is 0 Å². The summed E-state index contributed by atoms with van der Waals surface area (Å²) in [6.07, 6.45) is 4.28. The summed E-state index contributed by atoms with van der Waals surface area (Å²) in [7, 11) is 0. The molecule has 110 valence electrons. The summed E-state index contributed by atoms with van der Waals surface area (Å²) >= 11 is 0. The molecule has 3 N–H and O–H groups in total. The Hall–Kier alpha value is -1.35. The smallest absolute Gasteiger partial charge is 0.303 e.